The Labute approximate surface area is 118 Å². The van der Waals surface area contributed by atoms with Crippen LogP contribution in [0.3, 0.4) is 0 Å². The number of nitrogens with zero attached hydrogens (tertiary/aromatic N) is 1. The summed E-state index contributed by atoms with van der Waals surface area (Å²) < 4.78 is 38.9. The molecule has 3 rings (SSSR count). The van der Waals surface area contributed by atoms with Crippen LogP contribution in [0.2, 0.25) is 0 Å². The average molecular weight is 292 g/mol. The Bertz CT molecular complexity index is 672. The molecule has 1 aromatic heterocycles. The van der Waals surface area contributed by atoms with Crippen molar-refractivity contribution in [1.29, 1.82) is 0 Å². The number of rotatable bonds is 2. The van der Waals surface area contributed by atoms with E-state index in [-0.39, 0.29) is 0 Å². The van der Waals surface area contributed by atoms with Crippen LogP contribution < -0.4 is 5.32 Å². The third kappa shape index (κ3) is 2.49. The molecule has 0 radical (unpaired) electrons. The van der Waals surface area contributed by atoms with Gasteiger partial charge < -0.3 is 5.32 Å². The molecule has 108 valence electrons. The maximum atomic E-state index is 13.0. The van der Waals surface area contributed by atoms with Crippen molar-refractivity contribution in [2.45, 2.75) is 18.6 Å². The Balaban J connectivity index is 1.92. The van der Waals surface area contributed by atoms with Crippen LogP contribution in [0.1, 0.15) is 21.5 Å². The van der Waals surface area contributed by atoms with Crippen molar-refractivity contribution in [3.8, 4) is 0 Å². The van der Waals surface area contributed by atoms with Gasteiger partial charge in [-0.1, -0.05) is 18.2 Å². The van der Waals surface area contributed by atoms with Crippen molar-refractivity contribution in [2.24, 2.45) is 0 Å². The molecular formula is C15H11F3N2O. The zero-order chi connectivity index (χ0) is 15.0. The number of pyridine rings is 1. The second-order valence-corrected chi connectivity index (χ2v) is 4.84. The lowest BCUT2D eigenvalue weighted by molar-refractivity contribution is -0.138. The van der Waals surface area contributed by atoms with Gasteiger partial charge in [0, 0.05) is 24.5 Å². The second kappa shape index (κ2) is 4.87. The summed E-state index contributed by atoms with van der Waals surface area (Å²) in [5.74, 6) is -0.591. The van der Waals surface area contributed by atoms with E-state index in [1.807, 2.05) is 18.2 Å². The first-order chi connectivity index (χ1) is 9.97. The molecule has 0 amide bonds. The van der Waals surface area contributed by atoms with Crippen LogP contribution in [0.5, 0.6) is 0 Å². The number of carbonyl (C=O) groups excluding carboxylic acids is 1. The lowest BCUT2D eigenvalue weighted by atomic mass is 9.98. The highest BCUT2D eigenvalue weighted by molar-refractivity contribution is 6.03. The van der Waals surface area contributed by atoms with Gasteiger partial charge in [0.15, 0.2) is 5.78 Å². The van der Waals surface area contributed by atoms with Gasteiger partial charge in [0.25, 0.3) is 0 Å². The lowest BCUT2D eigenvalue weighted by Gasteiger charge is -2.15. The molecule has 0 fully saturated rings. The molecule has 6 heteroatoms. The minimum atomic E-state index is -4.57. The largest absolute Gasteiger partial charge is 0.417 e. The summed E-state index contributed by atoms with van der Waals surface area (Å²) in [5.41, 5.74) is 0.372. The number of nitrogens with one attached hydrogen (secondary N) is 1. The van der Waals surface area contributed by atoms with E-state index in [9.17, 15) is 18.0 Å². The minimum Gasteiger partial charge on any atom is -0.374 e. The van der Waals surface area contributed by atoms with E-state index in [1.54, 1.807) is 6.07 Å². The zero-order valence-electron chi connectivity index (χ0n) is 10.8. The van der Waals surface area contributed by atoms with E-state index < -0.39 is 29.1 Å². The third-order valence-electron chi connectivity index (χ3n) is 3.48. The van der Waals surface area contributed by atoms with Crippen molar-refractivity contribution in [2.75, 3.05) is 5.32 Å². The molecule has 0 bridgehead atoms. The second-order valence-electron chi connectivity index (χ2n) is 4.84. The van der Waals surface area contributed by atoms with E-state index in [1.165, 1.54) is 0 Å². The van der Waals surface area contributed by atoms with E-state index in [4.69, 9.17) is 0 Å². The molecule has 2 heterocycles. The summed E-state index contributed by atoms with van der Waals surface area (Å²) in [7, 11) is 0. The van der Waals surface area contributed by atoms with E-state index >= 15 is 0 Å². The predicted molar refractivity (Wildman–Crippen MR) is 71.1 cm³/mol. The summed E-state index contributed by atoms with van der Waals surface area (Å²) in [5, 5.41) is 2.97. The minimum absolute atomic E-state index is 0.376. The first-order valence-corrected chi connectivity index (χ1v) is 6.36. The smallest absolute Gasteiger partial charge is 0.374 e. The fourth-order valence-electron chi connectivity index (χ4n) is 2.48. The van der Waals surface area contributed by atoms with Crippen molar-refractivity contribution in [3.05, 3.63) is 59.4 Å². The number of carbonyl (C=O) groups is 1. The Morgan fingerprint density at radius 1 is 1.24 bits per heavy atom. The third-order valence-corrected chi connectivity index (χ3v) is 3.48. The molecule has 1 aliphatic rings. The maximum absolute atomic E-state index is 13.0. The van der Waals surface area contributed by atoms with Gasteiger partial charge in [-0.15, -0.1) is 0 Å². The molecule has 21 heavy (non-hydrogen) atoms. The van der Waals surface area contributed by atoms with Crippen LogP contribution in [0.4, 0.5) is 18.9 Å². The molecule has 0 aliphatic carbocycles. The van der Waals surface area contributed by atoms with Crippen molar-refractivity contribution in [1.82, 2.24) is 4.98 Å². The topological polar surface area (TPSA) is 42.0 Å². The van der Waals surface area contributed by atoms with Crippen LogP contribution in [0.15, 0.2) is 42.7 Å². The van der Waals surface area contributed by atoms with Crippen LogP contribution in [-0.4, -0.2) is 16.8 Å². The molecule has 1 aliphatic heterocycles. The van der Waals surface area contributed by atoms with Crippen LogP contribution in [0.25, 0.3) is 0 Å². The van der Waals surface area contributed by atoms with Gasteiger partial charge in [0.05, 0.1) is 17.2 Å². The zero-order valence-corrected chi connectivity index (χ0v) is 10.8. The van der Waals surface area contributed by atoms with Crippen LogP contribution in [-0.2, 0) is 12.6 Å². The highest BCUT2D eigenvalue weighted by Gasteiger charge is 2.37. The number of hydrogen-bond donors (Lipinski definition) is 1. The molecular weight excluding hydrogens is 281 g/mol. The number of Topliss-reactive ketones (excluding diaryl/α,β-unsaturated/α-hetero) is 1. The Hall–Kier alpha value is -2.37. The summed E-state index contributed by atoms with van der Waals surface area (Å²) >= 11 is 0. The number of aromatic nitrogens is 1. The molecule has 1 unspecified atom stereocenters. The van der Waals surface area contributed by atoms with E-state index in [2.05, 4.69) is 10.3 Å². The fourth-order valence-corrected chi connectivity index (χ4v) is 2.48. The Morgan fingerprint density at radius 2 is 2.00 bits per heavy atom. The van der Waals surface area contributed by atoms with Gasteiger partial charge in [0.1, 0.15) is 0 Å². The molecule has 0 saturated carbocycles. The highest BCUT2D eigenvalue weighted by Crippen LogP contribution is 2.33. The monoisotopic (exact) mass is 292 g/mol. The molecule has 2 aromatic rings. The standard InChI is InChI=1S/C15H11F3N2O/c16-15(17,18)11-5-6-19-8-10(11)14(21)13-7-9-3-1-2-4-12(9)20-13/h1-6,8,13,20H,7H2. The molecule has 0 spiro atoms. The van der Waals surface area contributed by atoms with Gasteiger partial charge in [-0.3, -0.25) is 9.78 Å². The summed E-state index contributed by atoms with van der Waals surface area (Å²) in [6.45, 7) is 0. The SMILES string of the molecule is O=C(c1cnccc1C(F)(F)F)C1Cc2ccccc2N1. The number of halogens is 3. The van der Waals surface area contributed by atoms with Gasteiger partial charge in [-0.2, -0.15) is 13.2 Å². The van der Waals surface area contributed by atoms with Crippen molar-refractivity contribution in [3.63, 3.8) is 0 Å². The van der Waals surface area contributed by atoms with Crippen molar-refractivity contribution >= 4 is 11.5 Å². The Kier molecular flexibility index (Phi) is 3.16. The van der Waals surface area contributed by atoms with Gasteiger partial charge in [-0.25, -0.2) is 0 Å². The normalized spacial score (nSPS) is 17.2. The van der Waals surface area contributed by atoms with Gasteiger partial charge in [-0.05, 0) is 17.7 Å². The molecule has 1 atom stereocenters. The Morgan fingerprint density at radius 3 is 2.71 bits per heavy atom. The molecule has 0 saturated heterocycles. The predicted octanol–water partition coefficient (Wildman–Crippen LogP) is 3.32. The highest BCUT2D eigenvalue weighted by atomic mass is 19.4. The first kappa shape index (κ1) is 13.6. The quantitative estimate of drug-likeness (QED) is 0.863. The lowest BCUT2D eigenvalue weighted by Crippen LogP contribution is -2.29. The van der Waals surface area contributed by atoms with Gasteiger partial charge in [0.2, 0.25) is 0 Å². The number of fused-ring (bicyclic) bond motifs is 1. The number of anilines is 1. The number of alkyl halides is 3. The maximum Gasteiger partial charge on any atom is 0.417 e. The van der Waals surface area contributed by atoms with Crippen LogP contribution in [0, 0.1) is 0 Å². The van der Waals surface area contributed by atoms with E-state index in [0.717, 1.165) is 29.7 Å². The van der Waals surface area contributed by atoms with Crippen molar-refractivity contribution < 1.29 is 18.0 Å². The number of ketones is 1. The summed E-state index contributed by atoms with van der Waals surface area (Å²) in [6.07, 6.45) is -2.17. The number of para-hydroxylation sites is 1. The summed E-state index contributed by atoms with van der Waals surface area (Å²) in [6, 6.07) is 7.44. The summed E-state index contributed by atoms with van der Waals surface area (Å²) in [4.78, 5) is 16.0. The van der Waals surface area contributed by atoms with Gasteiger partial charge >= 0.3 is 6.18 Å². The first-order valence-electron chi connectivity index (χ1n) is 6.36. The molecule has 1 N–H and O–H groups in total. The molecule has 1 aromatic carbocycles. The number of benzene rings is 1. The fraction of sp³-hybridized carbons (Fsp3) is 0.200. The average Bonchev–Trinajstić information content (AvgIpc) is 2.89. The van der Waals surface area contributed by atoms with Crippen LogP contribution >= 0.6 is 0 Å². The number of hydrogen-bond acceptors (Lipinski definition) is 3. The van der Waals surface area contributed by atoms with E-state index in [0.29, 0.717) is 6.42 Å². The molecule has 3 nitrogen and oxygen atoms in total.